The molecular formula is C38H30N2OS. The number of thiol groups is 1. The van der Waals surface area contributed by atoms with Crippen molar-refractivity contribution in [3.05, 3.63) is 149 Å². The van der Waals surface area contributed by atoms with E-state index in [0.29, 0.717) is 0 Å². The van der Waals surface area contributed by atoms with E-state index in [9.17, 15) is 0 Å². The Hall–Kier alpha value is -4.93. The number of aryl methyl sites for hydroxylation is 1. The maximum Gasteiger partial charge on any atom is 0.151 e. The average molecular weight is 563 g/mol. The van der Waals surface area contributed by atoms with E-state index in [1.54, 1.807) is 5.41 Å². The van der Waals surface area contributed by atoms with E-state index in [0.717, 1.165) is 73.3 Å². The highest BCUT2D eigenvalue weighted by Gasteiger charge is 2.29. The van der Waals surface area contributed by atoms with Crippen molar-refractivity contribution in [2.45, 2.75) is 13.8 Å². The monoisotopic (exact) mass is 562 g/mol. The molecule has 0 atom stereocenters. The van der Waals surface area contributed by atoms with E-state index in [1.807, 2.05) is 24.3 Å². The third-order valence-electron chi connectivity index (χ3n) is 7.94. The molecule has 0 saturated heterocycles. The molecule has 0 saturated carbocycles. The first-order valence-corrected chi connectivity index (χ1v) is 14.6. The Morgan fingerprint density at radius 1 is 0.690 bits per heavy atom. The van der Waals surface area contributed by atoms with Gasteiger partial charge in [-0.25, -0.2) is 0 Å². The molecule has 0 unspecified atom stereocenters. The third kappa shape index (κ3) is 4.50. The molecule has 0 aromatic heterocycles. The van der Waals surface area contributed by atoms with E-state index < -0.39 is 0 Å². The highest BCUT2D eigenvalue weighted by atomic mass is 32.1. The summed E-state index contributed by atoms with van der Waals surface area (Å²) < 4.78 is 6.42. The van der Waals surface area contributed by atoms with Crippen molar-refractivity contribution >= 4 is 41.5 Å². The fourth-order valence-corrected chi connectivity index (χ4v) is 6.03. The Bertz CT molecular complexity index is 1920. The standard InChI is InChI=1S/C38H30N2OS/c1-25-12-10-21-36-38(25)40(33-19-8-9-20-35(33)41-36)34-23-29(27-13-4-3-5-14-27)22-32(26(34)2)31-18-11-16-28-15-6-7-17-30(24-42)39-37(28)31/h3-24,39,42H,1-2H3/b15-6?,17-7-,30-24-. The first-order chi connectivity index (χ1) is 20.6. The summed E-state index contributed by atoms with van der Waals surface area (Å²) in [7, 11) is 0. The zero-order valence-electron chi connectivity index (χ0n) is 23.5. The van der Waals surface area contributed by atoms with Crippen molar-refractivity contribution in [1.29, 1.82) is 0 Å². The van der Waals surface area contributed by atoms with E-state index in [2.05, 4.69) is 140 Å². The summed E-state index contributed by atoms with van der Waals surface area (Å²) >= 11 is 4.47. The molecular weight excluding hydrogens is 532 g/mol. The smallest absolute Gasteiger partial charge is 0.151 e. The largest absolute Gasteiger partial charge is 0.453 e. The van der Waals surface area contributed by atoms with E-state index in [4.69, 9.17) is 4.74 Å². The summed E-state index contributed by atoms with van der Waals surface area (Å²) in [6.07, 6.45) is 8.28. The van der Waals surface area contributed by atoms with Gasteiger partial charge in [0.25, 0.3) is 0 Å². The van der Waals surface area contributed by atoms with Crippen LogP contribution in [0.15, 0.2) is 132 Å². The Kier molecular flexibility index (Phi) is 6.69. The summed E-state index contributed by atoms with van der Waals surface area (Å²) in [5.41, 5.74) is 13.2. The van der Waals surface area contributed by atoms with Gasteiger partial charge in [-0.3, -0.25) is 0 Å². The second-order valence-corrected chi connectivity index (χ2v) is 10.8. The molecule has 2 aliphatic heterocycles. The van der Waals surface area contributed by atoms with Crippen LogP contribution in [0.25, 0.3) is 28.3 Å². The van der Waals surface area contributed by atoms with Gasteiger partial charge in [-0.2, -0.15) is 0 Å². The number of benzene rings is 5. The van der Waals surface area contributed by atoms with Gasteiger partial charge in [0, 0.05) is 11.3 Å². The number of para-hydroxylation sites is 4. The molecule has 3 nitrogen and oxygen atoms in total. The number of hydrogen-bond acceptors (Lipinski definition) is 4. The fraction of sp³-hybridized carbons (Fsp3) is 0.0526. The summed E-state index contributed by atoms with van der Waals surface area (Å²) in [5, 5.41) is 5.46. The van der Waals surface area contributed by atoms with Crippen LogP contribution in [0.5, 0.6) is 11.5 Å². The molecule has 5 aromatic rings. The minimum atomic E-state index is 0.841. The van der Waals surface area contributed by atoms with Crippen molar-refractivity contribution in [3.8, 4) is 33.8 Å². The SMILES string of the molecule is Cc1cccc2c1N(c1cc(-c3ccccc3)cc(-c3cccc4c3NC(=C\S)/C=C\C=C4)c1C)c1ccccc1O2. The number of nitrogens with one attached hydrogen (secondary N) is 1. The van der Waals surface area contributed by atoms with Gasteiger partial charge in [0.05, 0.1) is 22.7 Å². The number of anilines is 4. The minimum absolute atomic E-state index is 0.841. The Balaban J connectivity index is 1.54. The molecule has 0 aliphatic carbocycles. The predicted molar refractivity (Wildman–Crippen MR) is 180 cm³/mol. The third-order valence-corrected chi connectivity index (χ3v) is 8.21. The Morgan fingerprint density at radius 3 is 2.31 bits per heavy atom. The zero-order chi connectivity index (χ0) is 28.6. The molecule has 0 bridgehead atoms. The molecule has 4 heteroatoms. The zero-order valence-corrected chi connectivity index (χ0v) is 24.4. The van der Waals surface area contributed by atoms with Crippen molar-refractivity contribution in [2.24, 2.45) is 0 Å². The molecule has 0 radical (unpaired) electrons. The van der Waals surface area contributed by atoms with Crippen molar-refractivity contribution in [2.75, 3.05) is 10.2 Å². The lowest BCUT2D eigenvalue weighted by Crippen LogP contribution is -2.18. The summed E-state index contributed by atoms with van der Waals surface area (Å²) in [4.78, 5) is 2.37. The average Bonchev–Trinajstić information content (AvgIpc) is 3.01. The quantitative estimate of drug-likeness (QED) is 0.210. The maximum atomic E-state index is 6.42. The minimum Gasteiger partial charge on any atom is -0.453 e. The van der Waals surface area contributed by atoms with Crippen LogP contribution in [-0.4, -0.2) is 0 Å². The first-order valence-electron chi connectivity index (χ1n) is 14.1. The topological polar surface area (TPSA) is 24.5 Å². The van der Waals surface area contributed by atoms with Gasteiger partial charge in [0.2, 0.25) is 0 Å². The lowest BCUT2D eigenvalue weighted by atomic mass is 9.90. The van der Waals surface area contributed by atoms with Gasteiger partial charge in [-0.1, -0.05) is 91.0 Å². The Morgan fingerprint density at radius 2 is 1.45 bits per heavy atom. The number of fused-ring (bicyclic) bond motifs is 3. The van der Waals surface area contributed by atoms with E-state index in [-0.39, 0.29) is 0 Å². The molecule has 0 amide bonds. The molecule has 0 fully saturated rings. The summed E-state index contributed by atoms with van der Waals surface area (Å²) in [5.74, 6) is 1.69. The fourth-order valence-electron chi connectivity index (χ4n) is 5.88. The molecule has 5 aromatic carbocycles. The van der Waals surface area contributed by atoms with Crippen LogP contribution in [0.3, 0.4) is 0 Å². The lowest BCUT2D eigenvalue weighted by molar-refractivity contribution is 0.476. The molecule has 0 spiro atoms. The van der Waals surface area contributed by atoms with Crippen LogP contribution in [0.2, 0.25) is 0 Å². The Labute approximate surface area is 252 Å². The highest BCUT2D eigenvalue weighted by Crippen LogP contribution is 2.54. The second kappa shape index (κ2) is 10.8. The van der Waals surface area contributed by atoms with Crippen LogP contribution < -0.4 is 15.0 Å². The molecule has 7 rings (SSSR count). The number of ether oxygens (including phenoxy) is 1. The van der Waals surface area contributed by atoms with Crippen LogP contribution in [0, 0.1) is 13.8 Å². The summed E-state index contributed by atoms with van der Waals surface area (Å²) in [6, 6.07) is 36.3. The molecule has 2 heterocycles. The van der Waals surface area contributed by atoms with Gasteiger partial charge < -0.3 is 15.0 Å². The van der Waals surface area contributed by atoms with Gasteiger partial charge in [-0.05, 0) is 89.0 Å². The molecule has 1 N–H and O–H groups in total. The van der Waals surface area contributed by atoms with Crippen LogP contribution >= 0.6 is 12.6 Å². The van der Waals surface area contributed by atoms with E-state index in [1.165, 1.54) is 5.56 Å². The number of nitrogens with zero attached hydrogens (tertiary/aromatic N) is 1. The van der Waals surface area contributed by atoms with Crippen LogP contribution in [0.4, 0.5) is 22.7 Å². The van der Waals surface area contributed by atoms with Gasteiger partial charge in [-0.15, -0.1) is 12.6 Å². The maximum absolute atomic E-state index is 6.42. The predicted octanol–water partition coefficient (Wildman–Crippen LogP) is 11.0. The van der Waals surface area contributed by atoms with Crippen molar-refractivity contribution in [1.82, 2.24) is 0 Å². The molecule has 204 valence electrons. The number of hydrogen-bond donors (Lipinski definition) is 2. The number of rotatable bonds is 3. The second-order valence-electron chi connectivity index (χ2n) is 10.6. The van der Waals surface area contributed by atoms with Gasteiger partial charge in [0.1, 0.15) is 0 Å². The van der Waals surface area contributed by atoms with Gasteiger partial charge in [0.15, 0.2) is 11.5 Å². The van der Waals surface area contributed by atoms with Crippen LogP contribution in [-0.2, 0) is 0 Å². The number of allylic oxidation sites excluding steroid dienone is 3. The van der Waals surface area contributed by atoms with Crippen LogP contribution in [0.1, 0.15) is 16.7 Å². The van der Waals surface area contributed by atoms with Crippen molar-refractivity contribution < 1.29 is 4.74 Å². The van der Waals surface area contributed by atoms with Gasteiger partial charge >= 0.3 is 0 Å². The first kappa shape index (κ1) is 26.0. The highest BCUT2D eigenvalue weighted by molar-refractivity contribution is 7.83. The molecule has 42 heavy (non-hydrogen) atoms. The summed E-state index contributed by atoms with van der Waals surface area (Å²) in [6.45, 7) is 4.37. The van der Waals surface area contributed by atoms with Crippen molar-refractivity contribution in [3.63, 3.8) is 0 Å². The lowest BCUT2D eigenvalue weighted by Gasteiger charge is -2.35. The van der Waals surface area contributed by atoms with E-state index >= 15 is 0 Å². The molecule has 2 aliphatic rings. The normalized spacial score (nSPS) is 15.0.